The molecule has 3 aromatic rings. The molecule has 28 heavy (non-hydrogen) atoms. The van der Waals surface area contributed by atoms with Gasteiger partial charge < -0.3 is 10.2 Å². The van der Waals surface area contributed by atoms with Gasteiger partial charge in [0.05, 0.1) is 29.2 Å². The Morgan fingerprint density at radius 2 is 1.96 bits per heavy atom. The fraction of sp³-hybridized carbons (Fsp3) is 0.350. The van der Waals surface area contributed by atoms with Crippen LogP contribution in [0.4, 0.5) is 5.69 Å². The van der Waals surface area contributed by atoms with Gasteiger partial charge in [0, 0.05) is 31.3 Å². The molecule has 0 radical (unpaired) electrons. The smallest absolute Gasteiger partial charge is 0.251 e. The van der Waals surface area contributed by atoms with E-state index in [4.69, 9.17) is 0 Å². The van der Waals surface area contributed by atoms with Crippen LogP contribution < -0.4 is 5.32 Å². The van der Waals surface area contributed by atoms with E-state index in [1.54, 1.807) is 16.5 Å². The average Bonchev–Trinajstić information content (AvgIpc) is 3.20. The van der Waals surface area contributed by atoms with Gasteiger partial charge in [0.25, 0.3) is 5.78 Å². The third-order valence-electron chi connectivity index (χ3n) is 5.21. The van der Waals surface area contributed by atoms with Crippen LogP contribution in [0.15, 0.2) is 24.4 Å². The third-order valence-corrected chi connectivity index (χ3v) is 5.21. The monoisotopic (exact) mass is 378 g/mol. The van der Waals surface area contributed by atoms with E-state index in [-0.39, 0.29) is 24.2 Å². The van der Waals surface area contributed by atoms with Crippen LogP contribution in [0.1, 0.15) is 23.4 Å². The minimum absolute atomic E-state index is 0.00626. The molecule has 4 rings (SSSR count). The standard InChI is InChI=1S/C20H22N6O2/c1-11-7-14(17-10-26-20(23-17)21-12(2)13(3)24-26)5-6-16(11)22-19(28)15-8-18(27)25(4)9-15/h5-7,10,15H,8-9H2,1-4H3,(H,22,28)/t15-/m1/s1. The minimum Gasteiger partial charge on any atom is -0.345 e. The summed E-state index contributed by atoms with van der Waals surface area (Å²) < 4.78 is 1.68. The number of nitrogens with zero attached hydrogens (tertiary/aromatic N) is 5. The molecule has 2 amide bonds. The third kappa shape index (κ3) is 3.21. The van der Waals surface area contributed by atoms with Gasteiger partial charge in [-0.2, -0.15) is 5.10 Å². The number of rotatable bonds is 3. The van der Waals surface area contributed by atoms with E-state index in [9.17, 15) is 9.59 Å². The summed E-state index contributed by atoms with van der Waals surface area (Å²) in [5.41, 5.74) is 5.08. The van der Waals surface area contributed by atoms with Crippen LogP contribution in [0.5, 0.6) is 0 Å². The van der Waals surface area contributed by atoms with E-state index >= 15 is 0 Å². The summed E-state index contributed by atoms with van der Waals surface area (Å²) in [6.45, 7) is 6.22. The number of amides is 2. The number of anilines is 1. The SMILES string of the molecule is Cc1cc(-c2cn3nc(C)c(C)nc3n2)ccc1NC(=O)[C@@H]1CC(=O)N(C)C1. The summed E-state index contributed by atoms with van der Waals surface area (Å²) in [6, 6.07) is 5.75. The van der Waals surface area contributed by atoms with Gasteiger partial charge in [0.1, 0.15) is 0 Å². The highest BCUT2D eigenvalue weighted by Gasteiger charge is 2.32. The lowest BCUT2D eigenvalue weighted by atomic mass is 10.1. The van der Waals surface area contributed by atoms with Gasteiger partial charge in [-0.3, -0.25) is 9.59 Å². The Kier molecular flexibility index (Phi) is 4.33. The van der Waals surface area contributed by atoms with Crippen LogP contribution in [0.3, 0.4) is 0 Å². The van der Waals surface area contributed by atoms with Crippen molar-refractivity contribution in [1.82, 2.24) is 24.5 Å². The molecule has 2 aromatic heterocycles. The molecule has 1 fully saturated rings. The van der Waals surface area contributed by atoms with E-state index in [1.807, 2.05) is 45.2 Å². The molecule has 1 aliphatic rings. The number of imidazole rings is 1. The molecule has 0 aliphatic carbocycles. The largest absolute Gasteiger partial charge is 0.345 e. The zero-order valence-corrected chi connectivity index (χ0v) is 16.4. The van der Waals surface area contributed by atoms with E-state index in [1.165, 1.54) is 0 Å². The summed E-state index contributed by atoms with van der Waals surface area (Å²) >= 11 is 0. The highest BCUT2D eigenvalue weighted by atomic mass is 16.2. The predicted molar refractivity (Wildman–Crippen MR) is 105 cm³/mol. The number of aromatic nitrogens is 4. The van der Waals surface area contributed by atoms with Crippen molar-refractivity contribution in [3.8, 4) is 11.3 Å². The molecule has 3 heterocycles. The first-order valence-electron chi connectivity index (χ1n) is 9.18. The van der Waals surface area contributed by atoms with Crippen molar-refractivity contribution in [3.63, 3.8) is 0 Å². The summed E-state index contributed by atoms with van der Waals surface area (Å²) in [6.07, 6.45) is 2.11. The second-order valence-electron chi connectivity index (χ2n) is 7.35. The highest BCUT2D eigenvalue weighted by Crippen LogP contribution is 2.26. The van der Waals surface area contributed by atoms with Gasteiger partial charge in [-0.15, -0.1) is 0 Å². The summed E-state index contributed by atoms with van der Waals surface area (Å²) in [5.74, 6) is 0.134. The van der Waals surface area contributed by atoms with Crippen LogP contribution in [0, 0.1) is 26.7 Å². The normalized spacial score (nSPS) is 16.8. The summed E-state index contributed by atoms with van der Waals surface area (Å²) in [4.78, 5) is 34.7. The molecule has 1 N–H and O–H groups in total. The molecule has 1 atom stereocenters. The van der Waals surface area contributed by atoms with Crippen LogP contribution >= 0.6 is 0 Å². The molecule has 1 aliphatic heterocycles. The van der Waals surface area contributed by atoms with Gasteiger partial charge in [0.15, 0.2) is 0 Å². The fourth-order valence-corrected chi connectivity index (χ4v) is 3.35. The summed E-state index contributed by atoms with van der Waals surface area (Å²) in [5, 5.41) is 7.41. The highest BCUT2D eigenvalue weighted by molar-refractivity contribution is 5.97. The Morgan fingerprint density at radius 3 is 2.64 bits per heavy atom. The quantitative estimate of drug-likeness (QED) is 0.754. The van der Waals surface area contributed by atoms with E-state index in [2.05, 4.69) is 20.4 Å². The van der Waals surface area contributed by atoms with Gasteiger partial charge in [-0.25, -0.2) is 14.5 Å². The number of fused-ring (bicyclic) bond motifs is 1. The van der Waals surface area contributed by atoms with Crippen molar-refractivity contribution in [3.05, 3.63) is 41.3 Å². The van der Waals surface area contributed by atoms with E-state index in [0.717, 1.165) is 33.9 Å². The molecule has 144 valence electrons. The number of hydrogen-bond donors (Lipinski definition) is 1. The molecule has 0 spiro atoms. The number of nitrogens with one attached hydrogen (secondary N) is 1. The van der Waals surface area contributed by atoms with Crippen LogP contribution in [0.25, 0.3) is 17.0 Å². The molecular formula is C20H22N6O2. The van der Waals surface area contributed by atoms with Crippen molar-refractivity contribution >= 4 is 23.3 Å². The van der Waals surface area contributed by atoms with Gasteiger partial charge in [-0.1, -0.05) is 6.07 Å². The van der Waals surface area contributed by atoms with Crippen molar-refractivity contribution in [2.24, 2.45) is 5.92 Å². The molecular weight excluding hydrogens is 356 g/mol. The lowest BCUT2D eigenvalue weighted by Crippen LogP contribution is -2.26. The second kappa shape index (κ2) is 6.70. The lowest BCUT2D eigenvalue weighted by Gasteiger charge is -2.13. The molecule has 0 unspecified atom stereocenters. The van der Waals surface area contributed by atoms with Crippen molar-refractivity contribution in [2.75, 3.05) is 18.9 Å². The maximum atomic E-state index is 12.5. The van der Waals surface area contributed by atoms with Gasteiger partial charge in [-0.05, 0) is 38.5 Å². The molecule has 8 heteroatoms. The molecule has 0 bridgehead atoms. The Bertz CT molecular complexity index is 1060. The van der Waals surface area contributed by atoms with Crippen molar-refractivity contribution < 1.29 is 9.59 Å². The zero-order valence-electron chi connectivity index (χ0n) is 16.4. The molecule has 8 nitrogen and oxygen atoms in total. The maximum Gasteiger partial charge on any atom is 0.251 e. The first kappa shape index (κ1) is 18.1. The predicted octanol–water partition coefficient (Wildman–Crippen LogP) is 2.13. The fourth-order valence-electron chi connectivity index (χ4n) is 3.35. The van der Waals surface area contributed by atoms with E-state index < -0.39 is 0 Å². The Balaban J connectivity index is 1.56. The Hall–Kier alpha value is -3.29. The maximum absolute atomic E-state index is 12.5. The van der Waals surface area contributed by atoms with Gasteiger partial charge in [0.2, 0.25) is 11.8 Å². The van der Waals surface area contributed by atoms with Gasteiger partial charge >= 0.3 is 0 Å². The molecule has 1 saturated heterocycles. The topological polar surface area (TPSA) is 92.5 Å². The van der Waals surface area contributed by atoms with E-state index in [0.29, 0.717) is 12.3 Å². The van der Waals surface area contributed by atoms with Crippen molar-refractivity contribution in [2.45, 2.75) is 27.2 Å². The van der Waals surface area contributed by atoms with Crippen molar-refractivity contribution in [1.29, 1.82) is 0 Å². The average molecular weight is 378 g/mol. The number of aryl methyl sites for hydroxylation is 3. The van der Waals surface area contributed by atoms with Crippen LogP contribution in [-0.2, 0) is 9.59 Å². The Morgan fingerprint density at radius 1 is 1.18 bits per heavy atom. The lowest BCUT2D eigenvalue weighted by molar-refractivity contribution is -0.127. The molecule has 1 aromatic carbocycles. The number of likely N-dealkylation sites (tertiary alicyclic amines) is 1. The first-order valence-corrected chi connectivity index (χ1v) is 9.18. The summed E-state index contributed by atoms with van der Waals surface area (Å²) in [7, 11) is 1.72. The van der Waals surface area contributed by atoms with Crippen LogP contribution in [0.2, 0.25) is 0 Å². The number of hydrogen-bond acceptors (Lipinski definition) is 5. The number of carbonyl (C=O) groups excluding carboxylic acids is 2. The molecule has 0 saturated carbocycles. The minimum atomic E-state index is -0.307. The zero-order chi connectivity index (χ0) is 20.0. The first-order chi connectivity index (χ1) is 13.3. The Labute approximate surface area is 162 Å². The number of benzene rings is 1. The van der Waals surface area contributed by atoms with Crippen LogP contribution in [-0.4, -0.2) is 49.9 Å². The second-order valence-corrected chi connectivity index (χ2v) is 7.35. The number of carbonyl (C=O) groups is 2.